The van der Waals surface area contributed by atoms with Crippen molar-refractivity contribution in [3.63, 3.8) is 0 Å². The lowest BCUT2D eigenvalue weighted by atomic mass is 10.1. The first-order valence-corrected chi connectivity index (χ1v) is 9.41. The Morgan fingerprint density at radius 1 is 1.23 bits per heavy atom. The number of aromatic nitrogens is 3. The lowest BCUT2D eigenvalue weighted by molar-refractivity contribution is -0.0512. The van der Waals surface area contributed by atoms with Gasteiger partial charge >= 0.3 is 6.61 Å². The lowest BCUT2D eigenvalue weighted by Crippen LogP contribution is -2.26. The summed E-state index contributed by atoms with van der Waals surface area (Å²) in [5, 5.41) is 7.14. The molecule has 1 amide bonds. The van der Waals surface area contributed by atoms with Crippen molar-refractivity contribution in [3.8, 4) is 17.3 Å². The van der Waals surface area contributed by atoms with Gasteiger partial charge in [-0.05, 0) is 42.7 Å². The van der Waals surface area contributed by atoms with Crippen LogP contribution in [0.15, 0.2) is 48.8 Å². The van der Waals surface area contributed by atoms with Crippen LogP contribution in [0.5, 0.6) is 11.5 Å². The van der Waals surface area contributed by atoms with Gasteiger partial charge in [0.05, 0.1) is 24.6 Å². The number of alkyl halides is 2. The highest BCUT2D eigenvalue weighted by Gasteiger charge is 2.17. The number of pyridine rings is 1. The quantitative estimate of drug-likeness (QED) is 0.578. The summed E-state index contributed by atoms with van der Waals surface area (Å²) in [4.78, 5) is 16.9. The van der Waals surface area contributed by atoms with E-state index in [4.69, 9.17) is 4.74 Å². The van der Waals surface area contributed by atoms with Gasteiger partial charge in [-0.15, -0.1) is 0 Å². The van der Waals surface area contributed by atoms with Crippen molar-refractivity contribution in [2.75, 3.05) is 13.7 Å². The highest BCUT2D eigenvalue weighted by Crippen LogP contribution is 2.29. The van der Waals surface area contributed by atoms with E-state index in [1.807, 2.05) is 25.1 Å². The molecule has 0 saturated heterocycles. The predicted molar refractivity (Wildman–Crippen MR) is 106 cm³/mol. The van der Waals surface area contributed by atoms with E-state index in [9.17, 15) is 13.6 Å². The number of hydrogen-bond acceptors (Lipinski definition) is 5. The van der Waals surface area contributed by atoms with E-state index < -0.39 is 6.61 Å². The van der Waals surface area contributed by atoms with Crippen LogP contribution >= 0.6 is 0 Å². The van der Waals surface area contributed by atoms with Crippen LogP contribution in [-0.2, 0) is 12.8 Å². The maximum absolute atomic E-state index is 12.6. The van der Waals surface area contributed by atoms with Gasteiger partial charge in [-0.1, -0.05) is 19.1 Å². The van der Waals surface area contributed by atoms with Gasteiger partial charge in [-0.2, -0.15) is 13.9 Å². The minimum atomic E-state index is -2.95. The number of halogens is 2. The molecule has 9 heteroatoms. The molecule has 30 heavy (non-hydrogen) atoms. The molecular formula is C21H22F2N4O3. The maximum atomic E-state index is 12.6. The van der Waals surface area contributed by atoms with Gasteiger partial charge in [-0.25, -0.2) is 9.67 Å². The third-order valence-corrected chi connectivity index (χ3v) is 4.46. The lowest BCUT2D eigenvalue weighted by Gasteiger charge is -2.12. The van der Waals surface area contributed by atoms with Crippen molar-refractivity contribution < 1.29 is 23.0 Å². The minimum Gasteiger partial charge on any atom is -0.493 e. The van der Waals surface area contributed by atoms with E-state index in [1.54, 1.807) is 23.0 Å². The number of ether oxygens (including phenoxy) is 2. The highest BCUT2D eigenvalue weighted by molar-refractivity contribution is 5.95. The zero-order valence-electron chi connectivity index (χ0n) is 16.6. The average molecular weight is 416 g/mol. The van der Waals surface area contributed by atoms with Crippen LogP contribution in [0.4, 0.5) is 8.78 Å². The van der Waals surface area contributed by atoms with Crippen molar-refractivity contribution in [2.24, 2.45) is 0 Å². The number of benzene rings is 1. The summed E-state index contributed by atoms with van der Waals surface area (Å²) in [7, 11) is 1.38. The molecule has 3 rings (SSSR count). The predicted octanol–water partition coefficient (Wildman–Crippen LogP) is 3.41. The first-order chi connectivity index (χ1) is 14.5. The topological polar surface area (TPSA) is 78.3 Å². The van der Waals surface area contributed by atoms with E-state index in [0.29, 0.717) is 30.8 Å². The number of rotatable bonds is 9. The summed E-state index contributed by atoms with van der Waals surface area (Å²) in [6, 6.07) is 10.2. The number of methoxy groups -OCH3 is 1. The molecule has 0 saturated carbocycles. The summed E-state index contributed by atoms with van der Waals surface area (Å²) in [5.74, 6) is 0.559. The molecule has 0 aliphatic carbocycles. The van der Waals surface area contributed by atoms with E-state index in [-0.39, 0.29) is 17.4 Å². The van der Waals surface area contributed by atoms with Crippen molar-refractivity contribution in [1.29, 1.82) is 0 Å². The molecular weight excluding hydrogens is 394 g/mol. The first-order valence-electron chi connectivity index (χ1n) is 9.41. The van der Waals surface area contributed by atoms with Crippen molar-refractivity contribution in [1.82, 2.24) is 20.1 Å². The van der Waals surface area contributed by atoms with E-state index in [1.165, 1.54) is 19.4 Å². The Kier molecular flexibility index (Phi) is 6.95. The van der Waals surface area contributed by atoms with Gasteiger partial charge in [0.15, 0.2) is 17.3 Å². The van der Waals surface area contributed by atoms with Crippen LogP contribution in [0, 0.1) is 0 Å². The third kappa shape index (κ3) is 4.91. The van der Waals surface area contributed by atoms with Gasteiger partial charge < -0.3 is 14.8 Å². The van der Waals surface area contributed by atoms with Crippen molar-refractivity contribution in [2.45, 2.75) is 26.4 Å². The Bertz CT molecular complexity index is 993. The molecule has 0 aliphatic rings. The Balaban J connectivity index is 1.66. The molecule has 2 aromatic heterocycles. The molecule has 0 radical (unpaired) electrons. The normalized spacial score (nSPS) is 10.8. The number of amides is 1. The molecule has 2 heterocycles. The minimum absolute atomic E-state index is 0.0405. The smallest absolute Gasteiger partial charge is 0.387 e. The first kappa shape index (κ1) is 21.2. The van der Waals surface area contributed by atoms with Gasteiger partial charge in [0.2, 0.25) is 0 Å². The summed E-state index contributed by atoms with van der Waals surface area (Å²) >= 11 is 0. The number of nitrogens with one attached hydrogen (secondary N) is 1. The summed E-state index contributed by atoms with van der Waals surface area (Å²) in [6.45, 7) is -0.691. The number of hydrogen-bond donors (Lipinski definition) is 1. The van der Waals surface area contributed by atoms with Crippen LogP contribution < -0.4 is 14.8 Å². The second-order valence-corrected chi connectivity index (χ2v) is 6.33. The Hall–Kier alpha value is -3.49. The van der Waals surface area contributed by atoms with E-state index >= 15 is 0 Å². The fraction of sp³-hybridized carbons (Fsp3) is 0.286. The number of nitrogens with zero attached hydrogens (tertiary/aromatic N) is 3. The van der Waals surface area contributed by atoms with Gasteiger partial charge in [-0.3, -0.25) is 4.79 Å². The fourth-order valence-electron chi connectivity index (χ4n) is 3.06. The largest absolute Gasteiger partial charge is 0.493 e. The zero-order valence-corrected chi connectivity index (χ0v) is 16.6. The molecule has 158 valence electrons. The summed E-state index contributed by atoms with van der Waals surface area (Å²) in [6.07, 6.45) is 4.22. The summed E-state index contributed by atoms with van der Waals surface area (Å²) < 4.78 is 36.3. The SMILES string of the molecule is CCc1c(C(=O)NCCc2ccc(OC)c(OC(F)F)c2)cnn1-c1ccccn1. The van der Waals surface area contributed by atoms with Crippen LogP contribution in [0.3, 0.4) is 0 Å². The van der Waals surface area contributed by atoms with Gasteiger partial charge in [0.25, 0.3) is 5.91 Å². The second-order valence-electron chi connectivity index (χ2n) is 6.33. The molecule has 1 N–H and O–H groups in total. The fourth-order valence-corrected chi connectivity index (χ4v) is 3.06. The molecule has 1 aromatic carbocycles. The second kappa shape index (κ2) is 9.82. The molecule has 0 unspecified atom stereocenters. The number of carbonyl (C=O) groups is 1. The van der Waals surface area contributed by atoms with Gasteiger partial charge in [0, 0.05) is 12.7 Å². The average Bonchev–Trinajstić information content (AvgIpc) is 3.18. The molecule has 0 aliphatic heterocycles. The molecule has 0 spiro atoms. The number of carbonyl (C=O) groups excluding carboxylic acids is 1. The highest BCUT2D eigenvalue weighted by atomic mass is 19.3. The zero-order chi connectivity index (χ0) is 21.5. The van der Waals surface area contributed by atoms with Gasteiger partial charge in [0.1, 0.15) is 0 Å². The van der Waals surface area contributed by atoms with Crippen LogP contribution in [0.25, 0.3) is 5.82 Å². The van der Waals surface area contributed by atoms with E-state index in [0.717, 1.165) is 11.3 Å². The molecule has 7 nitrogen and oxygen atoms in total. The summed E-state index contributed by atoms with van der Waals surface area (Å²) in [5.41, 5.74) is 1.95. The molecule has 0 fully saturated rings. The van der Waals surface area contributed by atoms with Crippen molar-refractivity contribution >= 4 is 5.91 Å². The van der Waals surface area contributed by atoms with Crippen LogP contribution in [-0.4, -0.2) is 40.9 Å². The standard InChI is InChI=1S/C21H22F2N4O3/c1-3-16-15(13-26-27(16)19-6-4-5-10-24-19)20(28)25-11-9-14-7-8-17(29-2)18(12-14)30-21(22)23/h4-8,10,12-13,21H,3,9,11H2,1-2H3,(H,25,28). The molecule has 0 atom stereocenters. The Morgan fingerprint density at radius 3 is 2.73 bits per heavy atom. The van der Waals surface area contributed by atoms with E-state index in [2.05, 4.69) is 20.1 Å². The monoisotopic (exact) mass is 416 g/mol. The Morgan fingerprint density at radius 2 is 2.07 bits per heavy atom. The van der Waals surface area contributed by atoms with Crippen LogP contribution in [0.1, 0.15) is 28.5 Å². The third-order valence-electron chi connectivity index (χ3n) is 4.46. The Labute approximate surface area is 172 Å². The van der Waals surface area contributed by atoms with Crippen LogP contribution in [0.2, 0.25) is 0 Å². The molecule has 3 aromatic rings. The maximum Gasteiger partial charge on any atom is 0.387 e. The van der Waals surface area contributed by atoms with Crippen molar-refractivity contribution in [3.05, 3.63) is 65.6 Å². The molecule has 0 bridgehead atoms.